The van der Waals surface area contributed by atoms with Crippen molar-refractivity contribution in [1.82, 2.24) is 0 Å². The summed E-state index contributed by atoms with van der Waals surface area (Å²) >= 11 is 6.30. The van der Waals surface area contributed by atoms with E-state index in [1.807, 2.05) is 36.4 Å². The van der Waals surface area contributed by atoms with Crippen LogP contribution in [-0.2, 0) is 46.5 Å². The van der Waals surface area contributed by atoms with Crippen molar-refractivity contribution < 1.29 is 94.4 Å². The molecule has 16 rings (SSSR count). The zero-order chi connectivity index (χ0) is 84.9. The predicted molar refractivity (Wildman–Crippen MR) is 492 cm³/mol. The molecule has 0 unspecified atom stereocenters. The maximum atomic E-state index is 12.7. The summed E-state index contributed by atoms with van der Waals surface area (Å²) in [6.07, 6.45) is 0. The minimum absolute atomic E-state index is 0. The second kappa shape index (κ2) is 36.9. The third-order valence-electron chi connectivity index (χ3n) is 20.9. The number of carboxylic acids is 2. The molecule has 0 heterocycles. The van der Waals surface area contributed by atoms with Gasteiger partial charge in [-0.3, -0.25) is 14.4 Å². The number of benzene rings is 16. The maximum Gasteiger partial charge on any atom is 1.00 e. The quantitative estimate of drug-likeness (QED) is 0.0755. The summed E-state index contributed by atoms with van der Waals surface area (Å²) in [6, 6.07) is 64.6. The topological polar surface area (TPSA) is 166 Å². The van der Waals surface area contributed by atoms with E-state index < -0.39 is 32.5 Å². The summed E-state index contributed by atoms with van der Waals surface area (Å²) in [7, 11) is 22.2. The summed E-state index contributed by atoms with van der Waals surface area (Å²) in [5.74, 6) is -1.83. The second-order valence-electron chi connectivity index (χ2n) is 35.3. The van der Waals surface area contributed by atoms with Crippen LogP contribution in [0.1, 0.15) is 220 Å². The van der Waals surface area contributed by atoms with Crippen molar-refractivity contribution in [2.24, 2.45) is 0 Å². The Labute approximate surface area is 755 Å². The Morgan fingerprint density at radius 3 is 0.643 bits per heavy atom. The van der Waals surface area contributed by atoms with Crippen molar-refractivity contribution in [3.63, 3.8) is 0 Å². The first kappa shape index (κ1) is 94.4. The molecule has 0 atom stereocenters. The number of Topliss-reactive ketones (excluding diaryl/α,β-unsaturated/α-hetero) is 2. The number of halogens is 7. The van der Waals surface area contributed by atoms with Gasteiger partial charge in [0.15, 0.2) is 11.6 Å². The van der Waals surface area contributed by atoms with Crippen molar-refractivity contribution in [2.75, 3.05) is 0 Å². The van der Waals surface area contributed by atoms with Crippen LogP contribution in [-0.4, -0.2) is 54.6 Å². The molecule has 2 N–H and O–H groups in total. The van der Waals surface area contributed by atoms with Crippen LogP contribution >= 0.6 is 75.0 Å². The van der Waals surface area contributed by atoms with Crippen molar-refractivity contribution >= 4 is 254 Å². The Balaban J connectivity index is 0.000000184. The number of hydrogen-bond donors (Lipinski definition) is 2. The van der Waals surface area contributed by atoms with Gasteiger partial charge in [0.05, 0.1) is 11.1 Å². The Morgan fingerprint density at radius 1 is 0.304 bits per heavy atom. The second-order valence-corrected chi connectivity index (χ2v) is 44.8. The van der Waals surface area contributed by atoms with E-state index in [0.29, 0.717) is 10.8 Å². The number of carboxylic acid groups (broad SMARTS) is 2. The van der Waals surface area contributed by atoms with Crippen LogP contribution in [0.5, 0.6) is 0 Å². The first-order valence-corrected chi connectivity index (χ1v) is 46.0. The zero-order valence-corrected chi connectivity index (χ0v) is 79.6. The summed E-state index contributed by atoms with van der Waals surface area (Å²) < 4.78 is 16.8. The third kappa shape index (κ3) is 21.4. The van der Waals surface area contributed by atoms with Crippen molar-refractivity contribution in [1.29, 1.82) is 0 Å². The SMILES string of the molecule is CC(=O)Cl.CC(=O)c1cc2cc(C(C)(C)C)cc3c(C(C)=O)cc4cc(C(C)(C)C)cc1c4c23.CC(C)(C)c1cc2cc(C(=O)O)c3cc(C(C)(C)C)cc4cc(C(=O)O)c(c1)c2c43.CC(C)(C)c1cc2ccc3cc(C(C)(C)C)cc4ccc(c1)c2c34.O=S(Cl)Cl.[Cl][Al]([Cl])[Cl].[K+].[O-]Cl.c1cc2ccc3cccc4ccc(c1)c2c34. The first-order valence-electron chi connectivity index (χ1n) is 37.3. The number of carbonyl (C=O) groups is 5. The Morgan fingerprint density at radius 2 is 0.461 bits per heavy atom. The summed E-state index contributed by atoms with van der Waals surface area (Å²) in [5, 5.41) is 46.7. The molecule has 0 radical (unpaired) electrons. The Kier molecular flexibility index (Phi) is 30.3. The molecule has 0 bridgehead atoms. The van der Waals surface area contributed by atoms with Gasteiger partial charge in [-0.1, -0.05) is 258 Å². The van der Waals surface area contributed by atoms with Gasteiger partial charge >= 0.3 is 74.7 Å². The standard InChI is InChI=1S/C28H30O2.C26H26O4.C24H26.C16H10.C2H3ClO.Al.Cl2OS.ClO.3ClH.K/c1-15(29)21-11-17-9-20(28(6,7)8)14-24-22(16(2)30)12-18-10-19(27(3,4)5)13-23(21)25(18)26(17)24;1-25(2,3)15-7-13-9-20(24(29)30)18-12-16(26(4,5)6)8-14-10-19(23(27)28)17(11-15)21(13)22(14)18;1-23(2,3)19-11-15-7-9-17-13-20(24(4,5)6)14-18-10-8-16(12-19)21(15)22(17)18;1-3-11-7-9-13-5-2-6-14-10-8-12(4-1)15(11)16(13)14;1-2(3)4;;1-4(2)3;1-2;;;;/h9-14H,1-8H3;7-12H,1-6H3,(H,27,28)(H,29,30);7-14H,1-6H3;1-10H;1H3;;;;3*1H;/q;;;;;+3;;-1;;;;+1/p-3. The van der Waals surface area contributed by atoms with Crippen molar-refractivity contribution in [2.45, 2.75) is 178 Å². The van der Waals surface area contributed by atoms with E-state index in [1.165, 1.54) is 93.8 Å². The van der Waals surface area contributed by atoms with E-state index in [-0.39, 0.29) is 112 Å². The largest absolute Gasteiger partial charge is 1.00 e. The van der Waals surface area contributed by atoms with E-state index in [2.05, 4.69) is 303 Å². The van der Waals surface area contributed by atoms with E-state index in [0.717, 1.165) is 76.1 Å². The minimum atomic E-state index is -1.72. The van der Waals surface area contributed by atoms with E-state index in [9.17, 15) is 34.2 Å². The number of carbonyl (C=O) groups excluding carboxylic acids is 3. The van der Waals surface area contributed by atoms with Crippen LogP contribution in [0.3, 0.4) is 0 Å². The molecule has 0 fully saturated rings. The molecule has 0 spiro atoms. The number of rotatable bonds is 4. The van der Waals surface area contributed by atoms with Crippen LogP contribution in [0.2, 0.25) is 0 Å². The van der Waals surface area contributed by atoms with Gasteiger partial charge in [-0.25, -0.2) is 55.8 Å². The molecular weight excluding hydrogens is 1640 g/mol. The van der Waals surface area contributed by atoms with E-state index in [4.69, 9.17) is 39.0 Å². The smallest absolute Gasteiger partial charge is 0.769 e. The van der Waals surface area contributed by atoms with Gasteiger partial charge in [-0.15, -0.1) is 0 Å². The van der Waals surface area contributed by atoms with E-state index >= 15 is 0 Å². The van der Waals surface area contributed by atoms with Gasteiger partial charge in [-0.05, 0) is 269 Å². The van der Waals surface area contributed by atoms with Gasteiger partial charge in [0.1, 0.15) is 0 Å². The summed E-state index contributed by atoms with van der Waals surface area (Å²) in [6.45, 7) is 43.7. The molecule has 115 heavy (non-hydrogen) atoms. The van der Waals surface area contributed by atoms with E-state index in [1.54, 1.807) is 26.0 Å². The van der Waals surface area contributed by atoms with Crippen LogP contribution < -0.4 is 56.0 Å². The molecule has 0 aromatic heterocycles. The molecule has 9 nitrogen and oxygen atoms in total. The average molecular weight is 1740 g/mol. The molecule has 592 valence electrons. The maximum absolute atomic E-state index is 12.7. The molecule has 0 aliphatic heterocycles. The fourth-order valence-electron chi connectivity index (χ4n) is 15.1. The number of aromatic carboxylic acids is 2. The third-order valence-corrected chi connectivity index (χ3v) is 20.9. The fraction of sp³-hybridized carbons (Fsp3) is 0.281. The molecule has 0 aliphatic carbocycles. The van der Waals surface area contributed by atoms with Crippen LogP contribution in [0, 0.1) is 0 Å². The Bertz CT molecular complexity index is 5650. The van der Waals surface area contributed by atoms with Crippen LogP contribution in [0.4, 0.5) is 0 Å². The van der Waals surface area contributed by atoms with Crippen molar-refractivity contribution in [3.8, 4) is 0 Å². The van der Waals surface area contributed by atoms with Gasteiger partial charge in [0.25, 0.3) is 0 Å². The Hall–Kier alpha value is -6.06. The van der Waals surface area contributed by atoms with Gasteiger partial charge in [0.2, 0.25) is 14.5 Å². The van der Waals surface area contributed by atoms with Gasteiger partial charge in [-0.2, -0.15) is 0 Å². The normalized spacial score (nSPS) is 12.0. The summed E-state index contributed by atoms with van der Waals surface area (Å²) in [5.41, 5.74) is 8.90. The molecular formula is C96H95AlCl7KO9S. The van der Waals surface area contributed by atoms with Crippen molar-refractivity contribution in [3.05, 3.63) is 238 Å². The first-order chi connectivity index (χ1) is 52.8. The molecule has 16 aromatic carbocycles. The fourth-order valence-corrected chi connectivity index (χ4v) is 15.1. The molecule has 0 saturated carbocycles. The molecule has 19 heteroatoms. The molecule has 16 aromatic rings. The zero-order valence-electron chi connectivity index (χ0n) is 69.2. The van der Waals surface area contributed by atoms with Gasteiger partial charge < -0.3 is 14.9 Å². The minimum Gasteiger partial charge on any atom is -0.769 e. The average Bonchev–Trinajstić information content (AvgIpc) is 0.720. The van der Waals surface area contributed by atoms with Crippen LogP contribution in [0.15, 0.2) is 182 Å². The molecule has 0 aliphatic rings. The number of hydrogen-bond acceptors (Lipinski definition) is 7. The predicted octanol–water partition coefficient (Wildman–Crippen LogP) is 25.9. The molecule has 0 saturated heterocycles. The monoisotopic (exact) mass is 1730 g/mol. The molecule has 0 amide bonds. The summed E-state index contributed by atoms with van der Waals surface area (Å²) in [4.78, 5) is 58.9. The number of ketones is 2. The van der Waals surface area contributed by atoms with Gasteiger partial charge in [0, 0.05) is 39.4 Å². The van der Waals surface area contributed by atoms with Crippen LogP contribution in [0.25, 0.3) is 129 Å².